The van der Waals surface area contributed by atoms with Crippen LogP contribution in [0.3, 0.4) is 0 Å². The molecule has 1 aromatic rings. The Hall–Kier alpha value is -2.68. The Bertz CT molecular complexity index is 855. The van der Waals surface area contributed by atoms with Crippen LogP contribution in [0.25, 0.3) is 0 Å². The molecule has 2 amide bonds. The minimum Gasteiger partial charge on any atom is -0.480 e. The van der Waals surface area contributed by atoms with E-state index in [1.165, 1.54) is 36.7 Å². The maximum atomic E-state index is 11.9. The van der Waals surface area contributed by atoms with Gasteiger partial charge in [0.05, 0.1) is 12.6 Å². The molecule has 0 aliphatic heterocycles. The van der Waals surface area contributed by atoms with Gasteiger partial charge in [-0.25, -0.2) is 9.59 Å². The highest BCUT2D eigenvalue weighted by Crippen LogP contribution is 2.34. The highest BCUT2D eigenvalue weighted by atomic mass is 16.6. The number of pyridine rings is 1. The first kappa shape index (κ1) is 25.9. The van der Waals surface area contributed by atoms with E-state index in [1.54, 1.807) is 6.92 Å². The Morgan fingerprint density at radius 3 is 2.71 bits per heavy atom. The lowest BCUT2D eigenvalue weighted by atomic mass is 9.79. The van der Waals surface area contributed by atoms with Crippen molar-refractivity contribution in [3.63, 3.8) is 0 Å². The summed E-state index contributed by atoms with van der Waals surface area (Å²) in [6.07, 6.45) is 7.67. The molecule has 0 spiro atoms. The molecule has 0 bridgehead atoms. The van der Waals surface area contributed by atoms with Gasteiger partial charge in [0.2, 0.25) is 5.91 Å². The SMILES string of the molecule is CC(=O)NC[C@H](C)OC(=O)NC(CCOC1CC(CCc2ccc3c(n2)CCCC3)C1)C(=O)O. The topological polar surface area (TPSA) is 127 Å². The summed E-state index contributed by atoms with van der Waals surface area (Å²) in [4.78, 5) is 39.2. The number of hydrogen-bond acceptors (Lipinski definition) is 6. The van der Waals surface area contributed by atoms with Crippen LogP contribution in [0.4, 0.5) is 4.79 Å². The van der Waals surface area contributed by atoms with Gasteiger partial charge in [-0.3, -0.25) is 9.78 Å². The van der Waals surface area contributed by atoms with Gasteiger partial charge in [-0.1, -0.05) is 6.07 Å². The first-order chi connectivity index (χ1) is 16.3. The Morgan fingerprint density at radius 2 is 1.97 bits per heavy atom. The van der Waals surface area contributed by atoms with Crippen LogP contribution in [-0.2, 0) is 38.3 Å². The quantitative estimate of drug-likeness (QED) is 0.424. The third kappa shape index (κ3) is 8.27. The van der Waals surface area contributed by atoms with E-state index < -0.39 is 24.2 Å². The van der Waals surface area contributed by atoms with Gasteiger partial charge < -0.3 is 25.2 Å². The molecule has 1 aromatic heterocycles. The van der Waals surface area contributed by atoms with Gasteiger partial charge >= 0.3 is 12.1 Å². The molecule has 1 fully saturated rings. The van der Waals surface area contributed by atoms with Gasteiger partial charge in [0.25, 0.3) is 0 Å². The van der Waals surface area contributed by atoms with Crippen molar-refractivity contribution in [2.24, 2.45) is 5.92 Å². The van der Waals surface area contributed by atoms with Gasteiger partial charge in [-0.2, -0.15) is 0 Å². The monoisotopic (exact) mass is 475 g/mol. The van der Waals surface area contributed by atoms with Crippen LogP contribution >= 0.6 is 0 Å². The van der Waals surface area contributed by atoms with Crippen LogP contribution in [0.5, 0.6) is 0 Å². The average molecular weight is 476 g/mol. The zero-order valence-corrected chi connectivity index (χ0v) is 20.2. The first-order valence-corrected chi connectivity index (χ1v) is 12.3. The van der Waals surface area contributed by atoms with E-state index in [2.05, 4.69) is 22.8 Å². The van der Waals surface area contributed by atoms with Gasteiger partial charge in [0, 0.05) is 31.3 Å². The smallest absolute Gasteiger partial charge is 0.408 e. The maximum Gasteiger partial charge on any atom is 0.408 e. The molecule has 2 aliphatic carbocycles. The molecule has 1 unspecified atom stereocenters. The van der Waals surface area contributed by atoms with E-state index >= 15 is 0 Å². The van der Waals surface area contributed by atoms with Crippen molar-refractivity contribution in [2.75, 3.05) is 13.2 Å². The van der Waals surface area contributed by atoms with Crippen molar-refractivity contribution in [3.05, 3.63) is 29.1 Å². The minimum atomic E-state index is -1.14. The second kappa shape index (κ2) is 12.7. The van der Waals surface area contributed by atoms with Crippen LogP contribution in [0.1, 0.15) is 69.3 Å². The summed E-state index contributed by atoms with van der Waals surface area (Å²) in [5, 5.41) is 14.3. The summed E-state index contributed by atoms with van der Waals surface area (Å²) >= 11 is 0. The number of hydrogen-bond donors (Lipinski definition) is 3. The Balaban J connectivity index is 1.29. The second-order valence-corrected chi connectivity index (χ2v) is 9.46. The van der Waals surface area contributed by atoms with Crippen LogP contribution in [0.2, 0.25) is 0 Å². The van der Waals surface area contributed by atoms with E-state index in [4.69, 9.17) is 14.5 Å². The number of carboxylic acids is 1. The lowest BCUT2D eigenvalue weighted by Gasteiger charge is -2.35. The highest BCUT2D eigenvalue weighted by molar-refractivity contribution is 5.80. The average Bonchev–Trinajstić information content (AvgIpc) is 2.77. The van der Waals surface area contributed by atoms with E-state index in [0.717, 1.165) is 38.5 Å². The molecule has 0 saturated heterocycles. The largest absolute Gasteiger partial charge is 0.480 e. The standard InChI is InChI=1S/C25H37N3O6/c1-16(15-26-17(2)29)34-25(32)28-23(24(30)31)11-12-33-21-13-18(14-21)7-9-20-10-8-19-5-3-4-6-22(19)27-20/h8,10,16,18,21,23H,3-7,9,11-15H2,1-2H3,(H,26,29)(H,28,32)(H,30,31)/t16-,18?,21?,23?/m0/s1. The second-order valence-electron chi connectivity index (χ2n) is 9.46. The molecule has 9 nitrogen and oxygen atoms in total. The molecule has 2 atom stereocenters. The Kier molecular flexibility index (Phi) is 9.68. The number of ether oxygens (including phenoxy) is 2. The number of rotatable bonds is 12. The van der Waals surface area contributed by atoms with E-state index in [-0.39, 0.29) is 31.6 Å². The number of aliphatic carboxylic acids is 1. The lowest BCUT2D eigenvalue weighted by Crippen LogP contribution is -2.44. The number of nitrogens with one attached hydrogen (secondary N) is 2. The van der Waals surface area contributed by atoms with Gasteiger partial charge in [0.1, 0.15) is 12.1 Å². The molecular weight excluding hydrogens is 438 g/mol. The molecule has 3 rings (SSSR count). The maximum absolute atomic E-state index is 11.9. The van der Waals surface area contributed by atoms with Crippen LogP contribution in [-0.4, -0.2) is 59.5 Å². The normalized spacial score (nSPS) is 20.9. The number of nitrogens with zero attached hydrogens (tertiary/aromatic N) is 1. The van der Waals surface area contributed by atoms with E-state index in [1.807, 2.05) is 0 Å². The fraction of sp³-hybridized carbons (Fsp3) is 0.680. The van der Waals surface area contributed by atoms with Crippen LogP contribution < -0.4 is 10.6 Å². The van der Waals surface area contributed by atoms with E-state index in [9.17, 15) is 19.5 Å². The summed E-state index contributed by atoms with van der Waals surface area (Å²) in [6, 6.07) is 3.32. The number of carboxylic acid groups (broad SMARTS) is 1. The fourth-order valence-electron chi connectivity index (χ4n) is 4.46. The Morgan fingerprint density at radius 1 is 1.21 bits per heavy atom. The van der Waals surface area contributed by atoms with Gasteiger partial charge in [-0.15, -0.1) is 0 Å². The molecule has 9 heteroatoms. The summed E-state index contributed by atoms with van der Waals surface area (Å²) < 4.78 is 10.9. The number of aromatic nitrogens is 1. The predicted molar refractivity (Wildman–Crippen MR) is 125 cm³/mol. The van der Waals surface area contributed by atoms with Crippen LogP contribution in [0.15, 0.2) is 12.1 Å². The summed E-state index contributed by atoms with van der Waals surface area (Å²) in [7, 11) is 0. The molecule has 1 heterocycles. The summed E-state index contributed by atoms with van der Waals surface area (Å²) in [5.41, 5.74) is 3.87. The molecule has 1 saturated carbocycles. The number of amides is 2. The molecule has 0 aromatic carbocycles. The van der Waals surface area contributed by atoms with Crippen molar-refractivity contribution in [3.8, 4) is 0 Å². The number of carbonyl (C=O) groups excluding carboxylic acids is 2. The summed E-state index contributed by atoms with van der Waals surface area (Å²) in [5.74, 6) is -0.764. The van der Waals surface area contributed by atoms with Crippen molar-refractivity contribution in [2.45, 2.75) is 89.9 Å². The lowest BCUT2D eigenvalue weighted by molar-refractivity contribution is -0.140. The molecular formula is C25H37N3O6. The fourth-order valence-corrected chi connectivity index (χ4v) is 4.46. The third-order valence-corrected chi connectivity index (χ3v) is 6.53. The number of fused-ring (bicyclic) bond motifs is 1. The van der Waals surface area contributed by atoms with Crippen molar-refractivity contribution in [1.82, 2.24) is 15.6 Å². The summed E-state index contributed by atoms with van der Waals surface area (Å²) in [6.45, 7) is 3.39. The van der Waals surface area contributed by atoms with Gasteiger partial charge in [-0.05, 0) is 75.8 Å². The number of aryl methyl sites for hydroxylation is 3. The zero-order valence-electron chi connectivity index (χ0n) is 20.2. The molecule has 2 aliphatic rings. The Labute approximate surface area is 201 Å². The van der Waals surface area contributed by atoms with E-state index in [0.29, 0.717) is 5.92 Å². The van der Waals surface area contributed by atoms with Crippen molar-refractivity contribution >= 4 is 18.0 Å². The predicted octanol–water partition coefficient (Wildman–Crippen LogP) is 2.78. The first-order valence-electron chi connectivity index (χ1n) is 12.3. The molecule has 188 valence electrons. The van der Waals surface area contributed by atoms with Crippen molar-refractivity contribution < 1.29 is 29.0 Å². The van der Waals surface area contributed by atoms with Crippen LogP contribution in [0, 0.1) is 5.92 Å². The molecule has 34 heavy (non-hydrogen) atoms. The van der Waals surface area contributed by atoms with Gasteiger partial charge in [0.15, 0.2) is 0 Å². The molecule has 0 radical (unpaired) electrons. The highest BCUT2D eigenvalue weighted by Gasteiger charge is 2.30. The van der Waals surface area contributed by atoms with Crippen molar-refractivity contribution in [1.29, 1.82) is 0 Å². The zero-order chi connectivity index (χ0) is 24.5. The minimum absolute atomic E-state index is 0.139. The molecule has 3 N–H and O–H groups in total. The third-order valence-electron chi connectivity index (χ3n) is 6.53. The number of carbonyl (C=O) groups is 3. The number of alkyl carbamates (subject to hydrolysis) is 1.